The highest BCUT2D eigenvalue weighted by Gasteiger charge is 2.42. The highest BCUT2D eigenvalue weighted by atomic mass is 15.1. The molecule has 2 heterocycles. The van der Waals surface area contributed by atoms with Crippen LogP contribution in [0.2, 0.25) is 0 Å². The van der Waals surface area contributed by atoms with Gasteiger partial charge in [0.15, 0.2) is 0 Å². The number of fused-ring (bicyclic) bond motifs is 8. The van der Waals surface area contributed by atoms with E-state index in [0.717, 1.165) is 0 Å². The topological polar surface area (TPSA) is 9.86 Å². The molecule has 2 heteroatoms. The third-order valence-corrected chi connectivity index (χ3v) is 12.8. The standard InChI is InChI=1S/C49H54N2/c1-45(2,3)32-23-27-35-36-28-24-33(30-40(36)47(7,8)39(35)29-32)49(11,12)48(9,10)31-21-25-34(26-22-31)50-41-19-15-13-17-37(41)44-43(50)38-18-14-16-20-42(38)51(44)46(4,5)6/h13-30H,1-12H3. The van der Waals surface area contributed by atoms with Crippen LogP contribution in [-0.4, -0.2) is 9.13 Å². The van der Waals surface area contributed by atoms with Gasteiger partial charge in [-0.2, -0.15) is 0 Å². The molecule has 2 aromatic heterocycles. The van der Waals surface area contributed by atoms with Crippen molar-refractivity contribution in [2.45, 2.75) is 110 Å². The Bertz CT molecular complexity index is 2490. The van der Waals surface area contributed by atoms with Crippen LogP contribution in [0.3, 0.4) is 0 Å². The van der Waals surface area contributed by atoms with Crippen LogP contribution in [0.4, 0.5) is 0 Å². The SMILES string of the molecule is CC(C)(C)c1ccc2c(c1)C(C)(C)c1cc(C(C)(C)C(C)(C)c3ccc(-n4c5ccccc5c5c4c4ccccc4n5C(C)(C)C)cc3)ccc1-2. The Morgan fingerprint density at radius 3 is 1.51 bits per heavy atom. The molecular weight excluding hydrogens is 617 g/mol. The van der Waals surface area contributed by atoms with Crippen molar-refractivity contribution in [3.05, 3.63) is 137 Å². The molecule has 260 valence electrons. The molecule has 0 atom stereocenters. The number of nitrogens with zero attached hydrogens (tertiary/aromatic N) is 2. The first kappa shape index (κ1) is 33.6. The van der Waals surface area contributed by atoms with Gasteiger partial charge in [0.05, 0.1) is 22.1 Å². The van der Waals surface area contributed by atoms with Crippen LogP contribution in [0.15, 0.2) is 109 Å². The Hall–Kier alpha value is -4.56. The summed E-state index contributed by atoms with van der Waals surface area (Å²) in [6.45, 7) is 28.4. The Labute approximate surface area is 305 Å². The first-order chi connectivity index (χ1) is 23.8. The quantitative estimate of drug-likeness (QED) is 0.176. The van der Waals surface area contributed by atoms with E-state index in [1.54, 1.807) is 0 Å². The van der Waals surface area contributed by atoms with Gasteiger partial charge in [-0.3, -0.25) is 0 Å². The van der Waals surface area contributed by atoms with Crippen LogP contribution in [0.25, 0.3) is 49.7 Å². The predicted octanol–water partition coefficient (Wildman–Crippen LogP) is 13.4. The van der Waals surface area contributed by atoms with Crippen LogP contribution in [0, 0.1) is 0 Å². The minimum absolute atomic E-state index is 0.0508. The molecule has 0 N–H and O–H groups in total. The lowest BCUT2D eigenvalue weighted by Crippen LogP contribution is -2.40. The summed E-state index contributed by atoms with van der Waals surface area (Å²) in [4.78, 5) is 0. The second kappa shape index (κ2) is 10.7. The fourth-order valence-electron chi connectivity index (χ4n) is 8.99. The summed E-state index contributed by atoms with van der Waals surface area (Å²) in [5.74, 6) is 0. The lowest BCUT2D eigenvalue weighted by molar-refractivity contribution is 0.302. The van der Waals surface area contributed by atoms with Gasteiger partial charge in [-0.25, -0.2) is 0 Å². The minimum atomic E-state index is -0.134. The number of hydrogen-bond donors (Lipinski definition) is 0. The zero-order chi connectivity index (χ0) is 36.5. The second-order valence-electron chi connectivity index (χ2n) is 18.8. The molecule has 0 saturated carbocycles. The molecule has 0 fully saturated rings. The van der Waals surface area contributed by atoms with Crippen LogP contribution >= 0.6 is 0 Å². The number of aromatic nitrogens is 2. The monoisotopic (exact) mass is 670 g/mol. The number of hydrogen-bond acceptors (Lipinski definition) is 0. The first-order valence-electron chi connectivity index (χ1n) is 18.8. The van der Waals surface area contributed by atoms with E-state index in [4.69, 9.17) is 0 Å². The highest BCUT2D eigenvalue weighted by Crippen LogP contribution is 2.52. The molecule has 0 spiro atoms. The van der Waals surface area contributed by atoms with Crippen molar-refractivity contribution >= 4 is 32.8 Å². The maximum Gasteiger partial charge on any atom is 0.0800 e. The van der Waals surface area contributed by atoms with E-state index in [0.29, 0.717) is 0 Å². The Morgan fingerprint density at radius 2 is 0.941 bits per heavy atom. The van der Waals surface area contributed by atoms with Crippen molar-refractivity contribution in [1.82, 2.24) is 9.13 Å². The van der Waals surface area contributed by atoms with Crippen molar-refractivity contribution < 1.29 is 0 Å². The molecule has 0 unspecified atom stereocenters. The summed E-state index contributed by atoms with van der Waals surface area (Å²) in [7, 11) is 0. The van der Waals surface area contributed by atoms with Gasteiger partial charge >= 0.3 is 0 Å². The maximum atomic E-state index is 2.54. The molecule has 0 radical (unpaired) electrons. The van der Waals surface area contributed by atoms with Crippen molar-refractivity contribution in [1.29, 1.82) is 0 Å². The summed E-state index contributed by atoms with van der Waals surface area (Å²) in [5, 5.41) is 2.58. The molecule has 0 saturated heterocycles. The van der Waals surface area contributed by atoms with E-state index in [-0.39, 0.29) is 27.2 Å². The van der Waals surface area contributed by atoms with E-state index in [9.17, 15) is 0 Å². The van der Waals surface area contributed by atoms with E-state index < -0.39 is 0 Å². The number of benzene rings is 5. The van der Waals surface area contributed by atoms with Gasteiger partial charge in [0.2, 0.25) is 0 Å². The molecule has 0 bridgehead atoms. The molecular formula is C49H54N2. The van der Waals surface area contributed by atoms with Crippen molar-refractivity contribution in [2.24, 2.45) is 0 Å². The van der Waals surface area contributed by atoms with Crippen molar-refractivity contribution in [2.75, 3.05) is 0 Å². The van der Waals surface area contributed by atoms with Crippen LogP contribution < -0.4 is 0 Å². The van der Waals surface area contributed by atoms with E-state index >= 15 is 0 Å². The molecule has 0 amide bonds. The van der Waals surface area contributed by atoms with E-state index in [1.807, 2.05) is 0 Å². The summed E-state index contributed by atoms with van der Waals surface area (Å²) in [6, 6.07) is 41.7. The van der Waals surface area contributed by atoms with Crippen LogP contribution in [0.1, 0.15) is 111 Å². The van der Waals surface area contributed by atoms with Gasteiger partial charge < -0.3 is 9.13 Å². The molecule has 5 aromatic carbocycles. The first-order valence-corrected chi connectivity index (χ1v) is 18.8. The van der Waals surface area contributed by atoms with Gasteiger partial charge in [0, 0.05) is 27.4 Å². The average Bonchev–Trinajstić information content (AvgIpc) is 3.67. The third-order valence-electron chi connectivity index (χ3n) is 12.8. The lowest BCUT2D eigenvalue weighted by Gasteiger charge is -2.43. The van der Waals surface area contributed by atoms with Gasteiger partial charge in [0.25, 0.3) is 0 Å². The van der Waals surface area contributed by atoms with Crippen molar-refractivity contribution in [3.8, 4) is 16.8 Å². The Morgan fingerprint density at radius 1 is 0.471 bits per heavy atom. The zero-order valence-corrected chi connectivity index (χ0v) is 32.8. The molecule has 8 rings (SSSR count). The fourth-order valence-corrected chi connectivity index (χ4v) is 8.99. The average molecular weight is 671 g/mol. The highest BCUT2D eigenvalue weighted by molar-refractivity contribution is 6.19. The van der Waals surface area contributed by atoms with Gasteiger partial charge in [-0.1, -0.05) is 147 Å². The minimum Gasteiger partial charge on any atom is -0.333 e. The van der Waals surface area contributed by atoms with Crippen LogP contribution in [0.5, 0.6) is 0 Å². The molecule has 1 aliphatic carbocycles. The number of para-hydroxylation sites is 2. The molecule has 2 nitrogen and oxygen atoms in total. The molecule has 1 aliphatic rings. The lowest BCUT2D eigenvalue weighted by atomic mass is 9.60. The predicted molar refractivity (Wildman–Crippen MR) is 220 cm³/mol. The van der Waals surface area contributed by atoms with Gasteiger partial charge in [0.1, 0.15) is 0 Å². The zero-order valence-electron chi connectivity index (χ0n) is 32.8. The normalized spacial score (nSPS) is 14.8. The Kier molecular flexibility index (Phi) is 7.07. The summed E-state index contributed by atoms with van der Waals surface area (Å²) in [5.41, 5.74) is 15.9. The molecule has 0 aliphatic heterocycles. The van der Waals surface area contributed by atoms with E-state index in [2.05, 4.69) is 201 Å². The largest absolute Gasteiger partial charge is 0.333 e. The Balaban J connectivity index is 1.21. The molecule has 7 aromatic rings. The fraction of sp³-hybridized carbons (Fsp3) is 0.347. The smallest absolute Gasteiger partial charge is 0.0800 e. The van der Waals surface area contributed by atoms with Gasteiger partial charge in [-0.05, 0) is 100 Å². The van der Waals surface area contributed by atoms with Gasteiger partial charge in [-0.15, -0.1) is 0 Å². The van der Waals surface area contributed by atoms with Crippen LogP contribution in [-0.2, 0) is 27.2 Å². The number of rotatable bonds is 4. The summed E-state index contributed by atoms with van der Waals surface area (Å²) >= 11 is 0. The molecule has 51 heavy (non-hydrogen) atoms. The van der Waals surface area contributed by atoms with Crippen molar-refractivity contribution in [3.63, 3.8) is 0 Å². The maximum absolute atomic E-state index is 2.54. The third kappa shape index (κ3) is 4.74. The summed E-state index contributed by atoms with van der Waals surface area (Å²) < 4.78 is 5.03. The summed E-state index contributed by atoms with van der Waals surface area (Å²) in [6.07, 6.45) is 0. The second-order valence-corrected chi connectivity index (χ2v) is 18.8. The van der Waals surface area contributed by atoms with E-state index in [1.165, 1.54) is 77.5 Å².